The van der Waals surface area contributed by atoms with Gasteiger partial charge in [0.25, 0.3) is 5.91 Å². The third-order valence-corrected chi connectivity index (χ3v) is 1.56. The summed E-state index contributed by atoms with van der Waals surface area (Å²) in [6, 6.07) is -1.03. The van der Waals surface area contributed by atoms with Crippen molar-refractivity contribution in [1.29, 1.82) is 0 Å². The first-order chi connectivity index (χ1) is 6.34. The largest absolute Gasteiger partial charge is 0.480 e. The Hall–Kier alpha value is -1.39. The van der Waals surface area contributed by atoms with Crippen molar-refractivity contribution in [2.24, 2.45) is 5.92 Å². The first kappa shape index (κ1) is 12.6. The predicted molar refractivity (Wildman–Crippen MR) is 49.7 cm³/mol. The van der Waals surface area contributed by atoms with E-state index in [1.165, 1.54) is 6.92 Å². The van der Waals surface area contributed by atoms with Gasteiger partial charge in [-0.3, -0.25) is 14.4 Å². The van der Waals surface area contributed by atoms with Crippen molar-refractivity contribution in [3.8, 4) is 0 Å². The quantitative estimate of drug-likeness (QED) is 0.622. The van der Waals surface area contributed by atoms with Gasteiger partial charge in [-0.2, -0.15) is 0 Å². The van der Waals surface area contributed by atoms with Crippen LogP contribution < -0.4 is 5.32 Å². The Balaban J connectivity index is 4.08. The lowest BCUT2D eigenvalue weighted by Crippen LogP contribution is -2.42. The molecule has 0 fully saturated rings. The maximum absolute atomic E-state index is 11.1. The van der Waals surface area contributed by atoms with Gasteiger partial charge in [0.2, 0.25) is 5.78 Å². The zero-order valence-corrected chi connectivity index (χ0v) is 8.53. The molecule has 80 valence electrons. The molecule has 1 atom stereocenters. The van der Waals surface area contributed by atoms with Crippen LogP contribution in [0, 0.1) is 5.92 Å². The maximum atomic E-state index is 11.1. The van der Waals surface area contributed by atoms with Crippen molar-refractivity contribution in [2.75, 3.05) is 0 Å². The summed E-state index contributed by atoms with van der Waals surface area (Å²) < 4.78 is 0. The SMILES string of the molecule is CC(C)CC(=O)C(=O)N[C@@H](C)C(=O)O. The van der Waals surface area contributed by atoms with Gasteiger partial charge in [0.05, 0.1) is 0 Å². The number of hydrogen-bond acceptors (Lipinski definition) is 3. The fourth-order valence-electron chi connectivity index (χ4n) is 0.802. The van der Waals surface area contributed by atoms with Gasteiger partial charge in [0.15, 0.2) is 0 Å². The maximum Gasteiger partial charge on any atom is 0.325 e. The summed E-state index contributed by atoms with van der Waals surface area (Å²) in [7, 11) is 0. The van der Waals surface area contributed by atoms with E-state index in [1.54, 1.807) is 0 Å². The Morgan fingerprint density at radius 3 is 2.07 bits per heavy atom. The van der Waals surface area contributed by atoms with Crippen molar-refractivity contribution in [1.82, 2.24) is 5.32 Å². The summed E-state index contributed by atoms with van der Waals surface area (Å²) in [5, 5.41) is 10.6. The summed E-state index contributed by atoms with van der Waals surface area (Å²) in [4.78, 5) is 32.5. The van der Waals surface area contributed by atoms with Crippen molar-refractivity contribution in [3.63, 3.8) is 0 Å². The van der Waals surface area contributed by atoms with Crippen LogP contribution in [-0.4, -0.2) is 28.8 Å². The predicted octanol–water partition coefficient (Wildman–Crippen LogP) is 0.191. The Labute approximate surface area is 82.5 Å². The lowest BCUT2D eigenvalue weighted by Gasteiger charge is -2.08. The number of aliphatic carboxylic acids is 1. The fourth-order valence-corrected chi connectivity index (χ4v) is 0.802. The molecule has 14 heavy (non-hydrogen) atoms. The molecule has 0 aliphatic rings. The highest BCUT2D eigenvalue weighted by Crippen LogP contribution is 2.00. The summed E-state index contributed by atoms with van der Waals surface area (Å²) in [5.41, 5.74) is 0. The van der Waals surface area contributed by atoms with Crippen molar-refractivity contribution >= 4 is 17.7 Å². The molecule has 0 aromatic heterocycles. The molecule has 1 amide bonds. The van der Waals surface area contributed by atoms with Gasteiger partial charge in [-0.25, -0.2) is 0 Å². The van der Waals surface area contributed by atoms with Crippen LogP contribution in [0.15, 0.2) is 0 Å². The summed E-state index contributed by atoms with van der Waals surface area (Å²) >= 11 is 0. The van der Waals surface area contributed by atoms with E-state index in [-0.39, 0.29) is 12.3 Å². The highest BCUT2D eigenvalue weighted by Gasteiger charge is 2.20. The Morgan fingerprint density at radius 2 is 1.71 bits per heavy atom. The van der Waals surface area contributed by atoms with Crippen molar-refractivity contribution in [3.05, 3.63) is 0 Å². The van der Waals surface area contributed by atoms with E-state index in [0.29, 0.717) is 0 Å². The zero-order chi connectivity index (χ0) is 11.3. The number of hydrogen-bond donors (Lipinski definition) is 2. The van der Waals surface area contributed by atoms with Gasteiger partial charge < -0.3 is 10.4 Å². The number of nitrogens with one attached hydrogen (secondary N) is 1. The number of carboxylic acids is 1. The van der Waals surface area contributed by atoms with E-state index in [0.717, 1.165) is 0 Å². The van der Waals surface area contributed by atoms with Crippen molar-refractivity contribution < 1.29 is 19.5 Å². The fraction of sp³-hybridized carbons (Fsp3) is 0.667. The van der Waals surface area contributed by atoms with E-state index >= 15 is 0 Å². The van der Waals surface area contributed by atoms with Crippen LogP contribution in [0.1, 0.15) is 27.2 Å². The molecule has 0 bridgehead atoms. The van der Waals surface area contributed by atoms with Gasteiger partial charge in [-0.1, -0.05) is 13.8 Å². The standard InChI is InChI=1S/C9H15NO4/c1-5(2)4-7(11)8(12)10-6(3)9(13)14/h5-6H,4H2,1-3H3,(H,10,12)(H,13,14)/t6-/m0/s1. The highest BCUT2D eigenvalue weighted by atomic mass is 16.4. The van der Waals surface area contributed by atoms with E-state index in [9.17, 15) is 14.4 Å². The van der Waals surface area contributed by atoms with E-state index < -0.39 is 23.7 Å². The minimum absolute atomic E-state index is 0.0911. The molecule has 2 N–H and O–H groups in total. The lowest BCUT2D eigenvalue weighted by atomic mass is 10.1. The molecule has 0 heterocycles. The summed E-state index contributed by atoms with van der Waals surface area (Å²) in [5.74, 6) is -2.47. The third-order valence-electron chi connectivity index (χ3n) is 1.56. The molecule has 0 rings (SSSR count). The monoisotopic (exact) mass is 201 g/mol. The number of ketones is 1. The van der Waals surface area contributed by atoms with Crippen LogP contribution in [0.2, 0.25) is 0 Å². The van der Waals surface area contributed by atoms with Gasteiger partial charge in [0, 0.05) is 6.42 Å². The van der Waals surface area contributed by atoms with Crippen LogP contribution in [0.4, 0.5) is 0 Å². The molecule has 0 spiro atoms. The molecule has 0 aliphatic carbocycles. The first-order valence-electron chi connectivity index (χ1n) is 4.41. The van der Waals surface area contributed by atoms with E-state index in [2.05, 4.69) is 5.32 Å². The highest BCUT2D eigenvalue weighted by molar-refractivity contribution is 6.36. The van der Waals surface area contributed by atoms with Crippen LogP contribution >= 0.6 is 0 Å². The summed E-state index contributed by atoms with van der Waals surface area (Å²) in [6.45, 7) is 4.93. The molecule has 0 radical (unpaired) electrons. The normalized spacial score (nSPS) is 12.3. The van der Waals surface area contributed by atoms with Gasteiger partial charge in [-0.05, 0) is 12.8 Å². The van der Waals surface area contributed by atoms with Gasteiger partial charge in [-0.15, -0.1) is 0 Å². The Morgan fingerprint density at radius 1 is 1.21 bits per heavy atom. The molecule has 5 heteroatoms. The number of rotatable bonds is 5. The molecule has 0 aromatic rings. The van der Waals surface area contributed by atoms with Gasteiger partial charge in [0.1, 0.15) is 6.04 Å². The molecule has 0 saturated carbocycles. The average Bonchev–Trinajstić information content (AvgIpc) is 2.02. The second-order valence-electron chi connectivity index (χ2n) is 3.55. The molecular weight excluding hydrogens is 186 g/mol. The smallest absolute Gasteiger partial charge is 0.325 e. The molecular formula is C9H15NO4. The van der Waals surface area contributed by atoms with Crippen molar-refractivity contribution in [2.45, 2.75) is 33.2 Å². The Kier molecular flexibility index (Phi) is 4.83. The number of Topliss-reactive ketones (excluding diaryl/α,β-unsaturated/α-hetero) is 1. The second-order valence-corrected chi connectivity index (χ2v) is 3.55. The number of amides is 1. The van der Waals surface area contributed by atoms with E-state index in [4.69, 9.17) is 5.11 Å². The Bertz CT molecular complexity index is 247. The third kappa shape index (κ3) is 4.59. The topological polar surface area (TPSA) is 83.5 Å². The zero-order valence-electron chi connectivity index (χ0n) is 8.53. The molecule has 0 aliphatic heterocycles. The number of carbonyl (C=O) groups is 3. The second kappa shape index (κ2) is 5.36. The number of carboxylic acid groups (broad SMARTS) is 1. The minimum atomic E-state index is -1.16. The van der Waals surface area contributed by atoms with Crippen LogP contribution in [0.3, 0.4) is 0 Å². The van der Waals surface area contributed by atoms with Crippen LogP contribution in [0.25, 0.3) is 0 Å². The molecule has 5 nitrogen and oxygen atoms in total. The average molecular weight is 201 g/mol. The molecule has 0 saturated heterocycles. The lowest BCUT2D eigenvalue weighted by molar-refractivity contribution is -0.144. The molecule has 0 aromatic carbocycles. The van der Waals surface area contributed by atoms with E-state index in [1.807, 2.05) is 13.8 Å². The minimum Gasteiger partial charge on any atom is -0.480 e. The summed E-state index contributed by atoms with van der Waals surface area (Å²) in [6.07, 6.45) is 0.137. The van der Waals surface area contributed by atoms with Crippen LogP contribution in [-0.2, 0) is 14.4 Å². The number of carbonyl (C=O) groups excluding carboxylic acids is 2. The van der Waals surface area contributed by atoms with Gasteiger partial charge >= 0.3 is 5.97 Å². The molecule has 0 unspecified atom stereocenters. The first-order valence-corrected chi connectivity index (χ1v) is 4.41. The van der Waals surface area contributed by atoms with Crippen LogP contribution in [0.5, 0.6) is 0 Å².